The van der Waals surface area contributed by atoms with Gasteiger partial charge in [0.1, 0.15) is 11.6 Å². The van der Waals surface area contributed by atoms with Crippen molar-refractivity contribution in [2.45, 2.75) is 32.4 Å². The molecule has 0 saturated carbocycles. The van der Waals surface area contributed by atoms with E-state index in [1.54, 1.807) is 30.3 Å². The summed E-state index contributed by atoms with van der Waals surface area (Å²) in [5.41, 5.74) is 0.915. The number of nitrogens with zero attached hydrogens (tertiary/aromatic N) is 1. The molecule has 168 valence electrons. The maximum absolute atomic E-state index is 14.1. The van der Waals surface area contributed by atoms with Gasteiger partial charge < -0.3 is 24.7 Å². The van der Waals surface area contributed by atoms with Crippen LogP contribution in [0, 0.1) is 5.82 Å². The molecule has 0 aliphatic carbocycles. The highest BCUT2D eigenvalue weighted by Gasteiger charge is 2.24. The Hall–Kier alpha value is -3.39. The molecule has 3 aromatic rings. The number of halogens is 1. The molecular formula is C24H26FN3O4. The summed E-state index contributed by atoms with van der Waals surface area (Å²) in [6.07, 6.45) is 1.63. The predicted molar refractivity (Wildman–Crippen MR) is 121 cm³/mol. The Morgan fingerprint density at radius 3 is 2.88 bits per heavy atom. The summed E-state index contributed by atoms with van der Waals surface area (Å²) in [5.74, 6) is 0.177. The number of para-hydroxylation sites is 1. The molecule has 8 heteroatoms. The summed E-state index contributed by atoms with van der Waals surface area (Å²) >= 11 is 0. The Kier molecular flexibility index (Phi) is 6.70. The summed E-state index contributed by atoms with van der Waals surface area (Å²) in [4.78, 5) is 30.1. The zero-order valence-electron chi connectivity index (χ0n) is 17.9. The molecule has 1 fully saturated rings. The molecule has 1 aliphatic heterocycles. The second kappa shape index (κ2) is 9.82. The Labute approximate surface area is 185 Å². The van der Waals surface area contributed by atoms with Crippen molar-refractivity contribution in [3.8, 4) is 5.75 Å². The van der Waals surface area contributed by atoms with Crippen LogP contribution in [0.3, 0.4) is 0 Å². The number of urea groups is 1. The van der Waals surface area contributed by atoms with Gasteiger partial charge in [0.05, 0.1) is 24.9 Å². The van der Waals surface area contributed by atoms with Crippen molar-refractivity contribution in [3.63, 3.8) is 0 Å². The van der Waals surface area contributed by atoms with Crippen molar-refractivity contribution in [3.05, 3.63) is 70.3 Å². The zero-order valence-corrected chi connectivity index (χ0v) is 17.9. The number of ether oxygens (including phenoxy) is 2. The lowest BCUT2D eigenvalue weighted by molar-refractivity contribution is 0.0818. The Morgan fingerprint density at radius 1 is 1.28 bits per heavy atom. The minimum absolute atomic E-state index is 0.0598. The van der Waals surface area contributed by atoms with E-state index in [1.165, 1.54) is 17.0 Å². The maximum atomic E-state index is 14.1. The van der Waals surface area contributed by atoms with Gasteiger partial charge in [-0.15, -0.1) is 0 Å². The van der Waals surface area contributed by atoms with Crippen LogP contribution in [-0.2, 0) is 11.3 Å². The van der Waals surface area contributed by atoms with Gasteiger partial charge in [0, 0.05) is 29.6 Å². The maximum Gasteiger partial charge on any atom is 0.322 e. The molecule has 2 aromatic carbocycles. The Bertz CT molecular complexity index is 1160. The Balaban J connectivity index is 1.61. The smallest absolute Gasteiger partial charge is 0.322 e. The number of hydrogen-bond donors (Lipinski definition) is 2. The summed E-state index contributed by atoms with van der Waals surface area (Å²) in [6.45, 7) is 3.44. The summed E-state index contributed by atoms with van der Waals surface area (Å²) in [7, 11) is 0. The number of rotatable bonds is 7. The average molecular weight is 439 g/mol. The number of anilines is 1. The first-order valence-electron chi connectivity index (χ1n) is 10.7. The van der Waals surface area contributed by atoms with Crippen LogP contribution in [0.5, 0.6) is 5.75 Å². The molecule has 4 rings (SSSR count). The fourth-order valence-electron chi connectivity index (χ4n) is 3.82. The molecule has 1 aliphatic rings. The molecule has 2 N–H and O–H groups in total. The molecule has 0 unspecified atom stereocenters. The molecule has 7 nitrogen and oxygen atoms in total. The quantitative estimate of drug-likeness (QED) is 0.576. The standard InChI is InChI=1S/C24H26FN3O4/c1-2-31-18-9-10-21-16(13-18)12-17(23(29)26-21)14-28(15-19-6-5-11-32-19)24(30)27-22-8-4-3-7-20(22)25/h3-4,7-10,12-13,19H,2,5-6,11,14-15H2,1H3,(H,26,29)(H,27,30)/t19-/m1/s1. The van der Waals surface area contributed by atoms with E-state index < -0.39 is 11.8 Å². The average Bonchev–Trinajstić information content (AvgIpc) is 3.29. The summed E-state index contributed by atoms with van der Waals surface area (Å²) < 4.78 is 25.3. The van der Waals surface area contributed by atoms with Gasteiger partial charge in [0.2, 0.25) is 0 Å². The van der Waals surface area contributed by atoms with Crippen LogP contribution in [0.15, 0.2) is 53.3 Å². The highest BCUT2D eigenvalue weighted by Crippen LogP contribution is 2.21. The molecular weight excluding hydrogens is 413 g/mol. The number of carbonyl (C=O) groups is 1. The minimum atomic E-state index is -0.523. The van der Waals surface area contributed by atoms with Gasteiger partial charge in [-0.2, -0.15) is 0 Å². The van der Waals surface area contributed by atoms with Crippen molar-refractivity contribution in [1.29, 1.82) is 0 Å². The van der Waals surface area contributed by atoms with Gasteiger partial charge in [-0.05, 0) is 56.2 Å². The van der Waals surface area contributed by atoms with Crippen LogP contribution >= 0.6 is 0 Å². The van der Waals surface area contributed by atoms with Crippen molar-refractivity contribution in [2.75, 3.05) is 25.1 Å². The SMILES string of the molecule is CCOc1ccc2[nH]c(=O)c(CN(C[C@H]3CCCO3)C(=O)Nc3ccccc3F)cc2c1. The molecule has 32 heavy (non-hydrogen) atoms. The van der Waals surface area contributed by atoms with Gasteiger partial charge in [0.25, 0.3) is 5.56 Å². The van der Waals surface area contributed by atoms with Crippen LogP contribution in [0.4, 0.5) is 14.9 Å². The van der Waals surface area contributed by atoms with Gasteiger partial charge in [0.15, 0.2) is 0 Å². The van der Waals surface area contributed by atoms with Crippen molar-refractivity contribution in [2.24, 2.45) is 0 Å². The summed E-state index contributed by atoms with van der Waals surface area (Å²) in [5, 5.41) is 3.41. The van der Waals surface area contributed by atoms with E-state index >= 15 is 0 Å². The molecule has 2 amide bonds. The fourth-order valence-corrected chi connectivity index (χ4v) is 3.82. The number of hydrogen-bond acceptors (Lipinski definition) is 4. The second-order valence-corrected chi connectivity index (χ2v) is 7.73. The predicted octanol–water partition coefficient (Wildman–Crippen LogP) is 4.28. The third-order valence-electron chi connectivity index (χ3n) is 5.42. The number of fused-ring (bicyclic) bond motifs is 1. The molecule has 1 aromatic heterocycles. The lowest BCUT2D eigenvalue weighted by Crippen LogP contribution is -2.41. The highest BCUT2D eigenvalue weighted by atomic mass is 19.1. The first-order chi connectivity index (χ1) is 15.5. The van der Waals surface area contributed by atoms with E-state index in [-0.39, 0.29) is 23.9 Å². The number of nitrogens with one attached hydrogen (secondary N) is 2. The molecule has 0 bridgehead atoms. The van der Waals surface area contributed by atoms with Gasteiger partial charge >= 0.3 is 6.03 Å². The first kappa shape index (κ1) is 21.8. The van der Waals surface area contributed by atoms with Crippen molar-refractivity contribution in [1.82, 2.24) is 9.88 Å². The van der Waals surface area contributed by atoms with E-state index in [0.717, 1.165) is 18.2 Å². The number of pyridine rings is 1. The second-order valence-electron chi connectivity index (χ2n) is 7.73. The monoisotopic (exact) mass is 439 g/mol. The van der Waals surface area contributed by atoms with E-state index in [9.17, 15) is 14.0 Å². The van der Waals surface area contributed by atoms with Crippen molar-refractivity contribution >= 4 is 22.6 Å². The third kappa shape index (κ3) is 5.08. The third-order valence-corrected chi connectivity index (χ3v) is 5.42. The largest absolute Gasteiger partial charge is 0.494 e. The van der Waals surface area contributed by atoms with Crippen molar-refractivity contribution < 1.29 is 18.7 Å². The Morgan fingerprint density at radius 2 is 2.12 bits per heavy atom. The van der Waals surface area contributed by atoms with Crippen LogP contribution in [0.25, 0.3) is 10.9 Å². The molecule has 1 atom stereocenters. The lowest BCUT2D eigenvalue weighted by atomic mass is 10.1. The van der Waals surface area contributed by atoms with E-state index in [0.29, 0.717) is 36.6 Å². The molecule has 1 saturated heterocycles. The van der Waals surface area contributed by atoms with E-state index in [1.807, 2.05) is 13.0 Å². The highest BCUT2D eigenvalue weighted by molar-refractivity contribution is 5.89. The number of H-pyrrole nitrogens is 1. The number of aromatic nitrogens is 1. The zero-order chi connectivity index (χ0) is 22.5. The van der Waals surface area contributed by atoms with Crippen LogP contribution < -0.4 is 15.6 Å². The van der Waals surface area contributed by atoms with Crippen LogP contribution in [0.1, 0.15) is 25.3 Å². The molecule has 2 heterocycles. The van der Waals surface area contributed by atoms with E-state index in [4.69, 9.17) is 9.47 Å². The first-order valence-corrected chi connectivity index (χ1v) is 10.7. The van der Waals surface area contributed by atoms with Gasteiger partial charge in [-0.1, -0.05) is 12.1 Å². The number of benzene rings is 2. The number of aromatic amines is 1. The van der Waals surface area contributed by atoms with Crippen LogP contribution in [-0.4, -0.2) is 41.8 Å². The topological polar surface area (TPSA) is 83.7 Å². The number of carbonyl (C=O) groups excluding carboxylic acids is 1. The van der Waals surface area contributed by atoms with E-state index in [2.05, 4.69) is 10.3 Å². The molecule has 0 spiro atoms. The normalized spacial score (nSPS) is 15.6. The fraction of sp³-hybridized carbons (Fsp3) is 0.333. The van der Waals surface area contributed by atoms with Crippen LogP contribution in [0.2, 0.25) is 0 Å². The number of amides is 2. The molecule has 0 radical (unpaired) electrons. The summed E-state index contributed by atoms with van der Waals surface area (Å²) in [6, 6.07) is 12.7. The minimum Gasteiger partial charge on any atom is -0.494 e. The van der Waals surface area contributed by atoms with Gasteiger partial charge in [-0.25, -0.2) is 9.18 Å². The lowest BCUT2D eigenvalue weighted by Gasteiger charge is -2.26. The van der Waals surface area contributed by atoms with Gasteiger partial charge in [-0.3, -0.25) is 4.79 Å².